The van der Waals surface area contributed by atoms with Crippen LogP contribution >= 0.6 is 0 Å². The van der Waals surface area contributed by atoms with Crippen molar-refractivity contribution in [3.8, 4) is 0 Å². The Balaban J connectivity index is 2.81. The van der Waals surface area contributed by atoms with Crippen LogP contribution in [0.1, 0.15) is 32.8 Å². The van der Waals surface area contributed by atoms with E-state index in [1.807, 2.05) is 20.8 Å². The van der Waals surface area contributed by atoms with Gasteiger partial charge in [-0.25, -0.2) is 4.39 Å². The van der Waals surface area contributed by atoms with Gasteiger partial charge in [0, 0.05) is 13.0 Å². The number of carboxylic acid groups (broad SMARTS) is 1. The van der Waals surface area contributed by atoms with Crippen LogP contribution in [0.2, 0.25) is 0 Å². The molecule has 0 bridgehead atoms. The molecule has 1 rings (SSSR count). The van der Waals surface area contributed by atoms with Gasteiger partial charge in [0.1, 0.15) is 12.4 Å². The first-order valence-electron chi connectivity index (χ1n) is 6.41. The minimum absolute atomic E-state index is 0.168. The van der Waals surface area contributed by atoms with Crippen molar-refractivity contribution in [1.29, 1.82) is 0 Å². The molecule has 0 saturated carbocycles. The molecule has 4 nitrogen and oxygen atoms in total. The van der Waals surface area contributed by atoms with Crippen LogP contribution in [0.4, 0.5) is 4.39 Å². The van der Waals surface area contributed by atoms with Crippen molar-refractivity contribution < 1.29 is 19.1 Å². The fraction of sp³-hybridized carbons (Fsp3) is 0.467. The largest absolute Gasteiger partial charge is 0.480 e. The highest BCUT2D eigenvalue weighted by molar-refractivity contribution is 5.81. The van der Waals surface area contributed by atoms with Crippen LogP contribution in [0.15, 0.2) is 24.3 Å². The molecular formula is C15H20FNO3. The Hall–Kier alpha value is -1.91. The standard InChI is InChI=1S/C15H20FNO3/c1-15(2,3)8-13(18)17(10-14(19)20)9-11-4-6-12(16)7-5-11/h4-7H,8-10H2,1-3H3,(H,19,20). The molecule has 0 heterocycles. The molecule has 0 fully saturated rings. The van der Waals surface area contributed by atoms with Crippen molar-refractivity contribution in [2.45, 2.75) is 33.7 Å². The zero-order chi connectivity index (χ0) is 15.3. The molecule has 0 aromatic heterocycles. The number of benzene rings is 1. The van der Waals surface area contributed by atoms with Gasteiger partial charge in [0.25, 0.3) is 0 Å². The van der Waals surface area contributed by atoms with Crippen LogP contribution in [0, 0.1) is 11.2 Å². The quantitative estimate of drug-likeness (QED) is 0.902. The Morgan fingerprint density at radius 1 is 1.20 bits per heavy atom. The lowest BCUT2D eigenvalue weighted by atomic mass is 9.91. The molecule has 0 saturated heterocycles. The first-order chi connectivity index (χ1) is 9.17. The van der Waals surface area contributed by atoms with E-state index >= 15 is 0 Å². The molecule has 0 radical (unpaired) electrons. The number of amides is 1. The van der Waals surface area contributed by atoms with Gasteiger partial charge < -0.3 is 10.0 Å². The highest BCUT2D eigenvalue weighted by atomic mass is 19.1. The predicted molar refractivity (Wildman–Crippen MR) is 73.5 cm³/mol. The van der Waals surface area contributed by atoms with Crippen molar-refractivity contribution in [3.63, 3.8) is 0 Å². The van der Waals surface area contributed by atoms with Crippen LogP contribution in [-0.4, -0.2) is 28.4 Å². The third-order valence-electron chi connectivity index (χ3n) is 2.65. The summed E-state index contributed by atoms with van der Waals surface area (Å²) >= 11 is 0. The molecule has 20 heavy (non-hydrogen) atoms. The molecule has 1 aromatic rings. The summed E-state index contributed by atoms with van der Waals surface area (Å²) in [7, 11) is 0. The van der Waals surface area contributed by atoms with Gasteiger partial charge >= 0.3 is 5.97 Å². The van der Waals surface area contributed by atoms with E-state index in [-0.39, 0.29) is 36.6 Å². The normalized spacial score (nSPS) is 11.2. The smallest absolute Gasteiger partial charge is 0.323 e. The zero-order valence-electron chi connectivity index (χ0n) is 12.0. The van der Waals surface area contributed by atoms with Gasteiger partial charge in [0.15, 0.2) is 0 Å². The van der Waals surface area contributed by atoms with Crippen LogP contribution < -0.4 is 0 Å². The molecule has 1 N–H and O–H groups in total. The fourth-order valence-electron chi connectivity index (χ4n) is 1.77. The monoisotopic (exact) mass is 281 g/mol. The van der Waals surface area contributed by atoms with Gasteiger partial charge in [-0.3, -0.25) is 9.59 Å². The van der Waals surface area contributed by atoms with Crippen LogP contribution in [-0.2, 0) is 16.1 Å². The first kappa shape index (κ1) is 16.1. The summed E-state index contributed by atoms with van der Waals surface area (Å²) in [6.07, 6.45) is 0.265. The van der Waals surface area contributed by atoms with Crippen molar-refractivity contribution in [1.82, 2.24) is 4.90 Å². The number of hydrogen-bond donors (Lipinski definition) is 1. The Bertz CT molecular complexity index is 477. The number of nitrogens with zero attached hydrogens (tertiary/aromatic N) is 1. The van der Waals surface area contributed by atoms with Crippen molar-refractivity contribution in [3.05, 3.63) is 35.6 Å². The van der Waals surface area contributed by atoms with Gasteiger partial charge in [0.05, 0.1) is 0 Å². The number of carbonyl (C=O) groups excluding carboxylic acids is 1. The third-order valence-corrected chi connectivity index (χ3v) is 2.65. The molecule has 0 unspecified atom stereocenters. The molecule has 5 heteroatoms. The number of rotatable bonds is 5. The second kappa shape index (κ2) is 6.50. The molecule has 0 spiro atoms. The number of carbonyl (C=O) groups is 2. The highest BCUT2D eigenvalue weighted by Crippen LogP contribution is 2.20. The highest BCUT2D eigenvalue weighted by Gasteiger charge is 2.23. The Kier molecular flexibility index (Phi) is 5.25. The zero-order valence-corrected chi connectivity index (χ0v) is 12.0. The minimum Gasteiger partial charge on any atom is -0.480 e. The molecule has 110 valence electrons. The number of hydrogen-bond acceptors (Lipinski definition) is 2. The first-order valence-corrected chi connectivity index (χ1v) is 6.41. The van der Waals surface area contributed by atoms with E-state index in [0.717, 1.165) is 0 Å². The SMILES string of the molecule is CC(C)(C)CC(=O)N(CC(=O)O)Cc1ccc(F)cc1. The Morgan fingerprint density at radius 2 is 1.75 bits per heavy atom. The molecular weight excluding hydrogens is 261 g/mol. The van der Waals surface area contributed by atoms with Crippen LogP contribution in [0.3, 0.4) is 0 Å². The van der Waals surface area contributed by atoms with Gasteiger partial charge in [0.2, 0.25) is 5.91 Å². The summed E-state index contributed by atoms with van der Waals surface area (Å²) in [5.41, 5.74) is 0.492. The van der Waals surface area contributed by atoms with E-state index in [1.54, 1.807) is 12.1 Å². The van der Waals surface area contributed by atoms with Gasteiger partial charge in [-0.05, 0) is 23.1 Å². The number of halogens is 1. The summed E-state index contributed by atoms with van der Waals surface area (Å²) in [5.74, 6) is -1.64. The van der Waals surface area contributed by atoms with E-state index in [4.69, 9.17) is 5.11 Å². The molecule has 1 aromatic carbocycles. The second-order valence-corrected chi connectivity index (χ2v) is 6.01. The van der Waals surface area contributed by atoms with Crippen molar-refractivity contribution in [2.75, 3.05) is 6.54 Å². The van der Waals surface area contributed by atoms with Gasteiger partial charge in [-0.2, -0.15) is 0 Å². The maximum atomic E-state index is 12.8. The average Bonchev–Trinajstić information content (AvgIpc) is 2.28. The topological polar surface area (TPSA) is 57.6 Å². The van der Waals surface area contributed by atoms with E-state index in [0.29, 0.717) is 5.56 Å². The van der Waals surface area contributed by atoms with E-state index in [1.165, 1.54) is 17.0 Å². The molecule has 0 aliphatic rings. The van der Waals surface area contributed by atoms with Gasteiger partial charge in [-0.1, -0.05) is 32.9 Å². The predicted octanol–water partition coefficient (Wildman–Crippen LogP) is 2.68. The summed E-state index contributed by atoms with van der Waals surface area (Å²) in [6, 6.07) is 5.69. The Labute approximate surface area is 118 Å². The Morgan fingerprint density at radius 3 is 2.20 bits per heavy atom. The van der Waals surface area contributed by atoms with E-state index in [9.17, 15) is 14.0 Å². The average molecular weight is 281 g/mol. The number of carboxylic acids is 1. The summed E-state index contributed by atoms with van der Waals surface area (Å²) in [6.45, 7) is 5.57. The van der Waals surface area contributed by atoms with Crippen molar-refractivity contribution >= 4 is 11.9 Å². The minimum atomic E-state index is -1.06. The lowest BCUT2D eigenvalue weighted by Crippen LogP contribution is -2.37. The summed E-state index contributed by atoms with van der Waals surface area (Å²) in [4.78, 5) is 24.3. The summed E-state index contributed by atoms with van der Waals surface area (Å²) in [5, 5.41) is 8.90. The fourth-order valence-corrected chi connectivity index (χ4v) is 1.77. The second-order valence-electron chi connectivity index (χ2n) is 6.01. The maximum absolute atomic E-state index is 12.8. The maximum Gasteiger partial charge on any atom is 0.323 e. The van der Waals surface area contributed by atoms with Crippen molar-refractivity contribution in [2.24, 2.45) is 5.41 Å². The lowest BCUT2D eigenvalue weighted by Gasteiger charge is -2.25. The van der Waals surface area contributed by atoms with E-state index < -0.39 is 5.97 Å². The molecule has 0 aliphatic carbocycles. The molecule has 1 amide bonds. The third kappa shape index (κ3) is 5.82. The van der Waals surface area contributed by atoms with Crippen LogP contribution in [0.5, 0.6) is 0 Å². The van der Waals surface area contributed by atoms with Gasteiger partial charge in [-0.15, -0.1) is 0 Å². The number of aliphatic carboxylic acids is 1. The van der Waals surface area contributed by atoms with Crippen LogP contribution in [0.25, 0.3) is 0 Å². The summed E-state index contributed by atoms with van der Waals surface area (Å²) < 4.78 is 12.8. The molecule has 0 aliphatic heterocycles. The lowest BCUT2D eigenvalue weighted by molar-refractivity contribution is -0.145. The molecule has 0 atom stereocenters. The van der Waals surface area contributed by atoms with E-state index in [2.05, 4.69) is 0 Å².